The van der Waals surface area contributed by atoms with Crippen LogP contribution in [-0.4, -0.2) is 31.8 Å². The van der Waals surface area contributed by atoms with Gasteiger partial charge in [0.1, 0.15) is 11.6 Å². The topological polar surface area (TPSA) is 63.4 Å². The maximum Gasteiger partial charge on any atom is 0.416 e. The van der Waals surface area contributed by atoms with Crippen molar-refractivity contribution in [2.45, 2.75) is 20.0 Å². The van der Waals surface area contributed by atoms with E-state index in [-0.39, 0.29) is 17.6 Å². The van der Waals surface area contributed by atoms with Crippen LogP contribution in [0.2, 0.25) is 0 Å². The van der Waals surface area contributed by atoms with E-state index in [4.69, 9.17) is 10.6 Å². The molecule has 5 nitrogen and oxygen atoms in total. The fraction of sp³-hybridized carbons (Fsp3) is 0.615. The Bertz CT molecular complexity index is 452. The van der Waals surface area contributed by atoms with Gasteiger partial charge >= 0.3 is 6.18 Å². The van der Waals surface area contributed by atoms with Crippen molar-refractivity contribution in [3.05, 3.63) is 17.7 Å². The molecule has 0 radical (unpaired) electrons. The van der Waals surface area contributed by atoms with Crippen molar-refractivity contribution in [2.75, 3.05) is 37.1 Å². The van der Waals surface area contributed by atoms with Crippen LogP contribution < -0.4 is 16.2 Å². The number of hydrogen-bond acceptors (Lipinski definition) is 5. The number of aromatic nitrogens is 1. The summed E-state index contributed by atoms with van der Waals surface area (Å²) in [4.78, 5) is 5.86. The zero-order valence-corrected chi connectivity index (χ0v) is 12.4. The molecule has 0 aliphatic carbocycles. The minimum absolute atomic E-state index is 0.0222. The molecule has 0 bridgehead atoms. The lowest BCUT2D eigenvalue weighted by molar-refractivity contribution is -0.137. The van der Waals surface area contributed by atoms with Crippen LogP contribution in [0, 0.1) is 5.92 Å². The van der Waals surface area contributed by atoms with Crippen molar-refractivity contribution < 1.29 is 17.9 Å². The molecule has 0 spiro atoms. The Morgan fingerprint density at radius 1 is 1.38 bits per heavy atom. The Kier molecular flexibility index (Phi) is 6.22. The molecule has 120 valence electrons. The second-order valence-corrected chi connectivity index (χ2v) is 5.07. The highest BCUT2D eigenvalue weighted by Crippen LogP contribution is 2.32. The Hall–Kier alpha value is -1.54. The molecule has 1 aromatic heterocycles. The number of halogens is 3. The first-order chi connectivity index (χ1) is 9.77. The smallest absolute Gasteiger partial charge is 0.383 e. The minimum atomic E-state index is -4.45. The number of hydrogen-bond donors (Lipinski definition) is 2. The number of hydrazine groups is 1. The van der Waals surface area contributed by atoms with E-state index in [1.54, 1.807) is 12.0 Å². The fourth-order valence-corrected chi connectivity index (χ4v) is 1.86. The lowest BCUT2D eigenvalue weighted by Gasteiger charge is -2.26. The number of anilines is 2. The predicted octanol–water partition coefficient (Wildman–Crippen LogP) is 2.49. The van der Waals surface area contributed by atoms with Crippen LogP contribution in [0.25, 0.3) is 0 Å². The van der Waals surface area contributed by atoms with Gasteiger partial charge in [-0.25, -0.2) is 10.8 Å². The van der Waals surface area contributed by atoms with Crippen LogP contribution in [0.4, 0.5) is 24.8 Å². The molecule has 0 aliphatic rings. The van der Waals surface area contributed by atoms with Crippen molar-refractivity contribution in [3.63, 3.8) is 0 Å². The molecule has 0 fully saturated rings. The van der Waals surface area contributed by atoms with E-state index in [1.165, 1.54) is 0 Å². The molecule has 0 atom stereocenters. The van der Waals surface area contributed by atoms with Crippen molar-refractivity contribution in [1.29, 1.82) is 0 Å². The number of pyridine rings is 1. The van der Waals surface area contributed by atoms with E-state index in [0.717, 1.165) is 12.1 Å². The number of rotatable bonds is 7. The average Bonchev–Trinajstić information content (AvgIpc) is 2.41. The van der Waals surface area contributed by atoms with Gasteiger partial charge in [-0.3, -0.25) is 0 Å². The number of nitrogen functional groups attached to an aromatic ring is 1. The van der Waals surface area contributed by atoms with E-state index in [9.17, 15) is 13.2 Å². The van der Waals surface area contributed by atoms with E-state index in [1.807, 2.05) is 13.8 Å². The summed E-state index contributed by atoms with van der Waals surface area (Å²) in [6.07, 6.45) is -4.45. The Morgan fingerprint density at radius 3 is 2.52 bits per heavy atom. The van der Waals surface area contributed by atoms with Gasteiger partial charge in [0.2, 0.25) is 0 Å². The lowest BCUT2D eigenvalue weighted by atomic mass is 10.2. The van der Waals surface area contributed by atoms with E-state index >= 15 is 0 Å². The molecule has 0 saturated carbocycles. The summed E-state index contributed by atoms with van der Waals surface area (Å²) >= 11 is 0. The molecule has 0 unspecified atom stereocenters. The lowest BCUT2D eigenvalue weighted by Crippen LogP contribution is -2.32. The van der Waals surface area contributed by atoms with Crippen molar-refractivity contribution in [2.24, 2.45) is 11.8 Å². The van der Waals surface area contributed by atoms with Gasteiger partial charge in [-0.15, -0.1) is 0 Å². The van der Waals surface area contributed by atoms with Gasteiger partial charge in [0.15, 0.2) is 0 Å². The van der Waals surface area contributed by atoms with Crippen molar-refractivity contribution in [3.8, 4) is 0 Å². The first-order valence-electron chi connectivity index (χ1n) is 6.57. The van der Waals surface area contributed by atoms with Gasteiger partial charge in [-0.2, -0.15) is 13.2 Å². The first kappa shape index (κ1) is 17.5. The van der Waals surface area contributed by atoms with Crippen LogP contribution in [0.3, 0.4) is 0 Å². The molecule has 0 aliphatic heterocycles. The third kappa shape index (κ3) is 5.39. The van der Waals surface area contributed by atoms with Crippen LogP contribution >= 0.6 is 0 Å². The summed E-state index contributed by atoms with van der Waals surface area (Å²) in [5.41, 5.74) is 1.39. The zero-order valence-electron chi connectivity index (χ0n) is 12.4. The highest BCUT2D eigenvalue weighted by atomic mass is 19.4. The maximum atomic E-state index is 12.9. The normalized spacial score (nSPS) is 11.8. The summed E-state index contributed by atoms with van der Waals surface area (Å²) in [5.74, 6) is 5.68. The van der Waals surface area contributed by atoms with E-state index < -0.39 is 11.7 Å². The number of methoxy groups -OCH3 is 1. The fourth-order valence-electron chi connectivity index (χ4n) is 1.86. The van der Waals surface area contributed by atoms with Crippen LogP contribution in [0.5, 0.6) is 0 Å². The van der Waals surface area contributed by atoms with Crippen molar-refractivity contribution in [1.82, 2.24) is 4.98 Å². The molecule has 1 heterocycles. The Labute approximate surface area is 122 Å². The number of nitrogens with zero attached hydrogens (tertiary/aromatic N) is 2. The van der Waals surface area contributed by atoms with Gasteiger partial charge < -0.3 is 15.1 Å². The molecule has 0 saturated heterocycles. The first-order valence-corrected chi connectivity index (χ1v) is 6.57. The molecule has 1 rings (SSSR count). The highest BCUT2D eigenvalue weighted by molar-refractivity contribution is 5.51. The highest BCUT2D eigenvalue weighted by Gasteiger charge is 2.32. The summed E-state index contributed by atoms with van der Waals surface area (Å²) in [6.45, 7) is 5.38. The maximum absolute atomic E-state index is 12.9. The molecule has 0 amide bonds. The standard InChI is InChI=1S/C13H21F3N4O/c1-9(2)8-20(4-5-21-3)12-7-10(13(14,15)16)6-11(18-12)19-17/h6-7,9H,4-5,8,17H2,1-3H3,(H,18,19). The number of nitrogens with two attached hydrogens (primary N) is 1. The average molecular weight is 306 g/mol. The van der Waals surface area contributed by atoms with Gasteiger partial charge in [0, 0.05) is 20.2 Å². The summed E-state index contributed by atoms with van der Waals surface area (Å²) in [7, 11) is 1.54. The quantitative estimate of drug-likeness (QED) is 0.598. The predicted molar refractivity (Wildman–Crippen MR) is 76.0 cm³/mol. The molecule has 21 heavy (non-hydrogen) atoms. The number of ether oxygens (including phenoxy) is 1. The van der Waals surface area contributed by atoms with Gasteiger partial charge in [0.25, 0.3) is 0 Å². The zero-order chi connectivity index (χ0) is 16.0. The third-order valence-corrected chi connectivity index (χ3v) is 2.76. The number of alkyl halides is 3. The van der Waals surface area contributed by atoms with E-state index in [0.29, 0.717) is 19.7 Å². The second-order valence-electron chi connectivity index (χ2n) is 5.07. The van der Waals surface area contributed by atoms with Crippen LogP contribution in [-0.2, 0) is 10.9 Å². The molecular formula is C13H21F3N4O. The van der Waals surface area contributed by atoms with Crippen LogP contribution in [0.1, 0.15) is 19.4 Å². The van der Waals surface area contributed by atoms with Gasteiger partial charge in [0.05, 0.1) is 12.2 Å². The summed E-state index contributed by atoms with van der Waals surface area (Å²) in [5, 5.41) is 0. The third-order valence-electron chi connectivity index (χ3n) is 2.76. The SMILES string of the molecule is COCCN(CC(C)C)c1cc(C(F)(F)F)cc(NN)n1. The largest absolute Gasteiger partial charge is 0.416 e. The van der Waals surface area contributed by atoms with E-state index in [2.05, 4.69) is 10.4 Å². The van der Waals surface area contributed by atoms with Crippen LogP contribution in [0.15, 0.2) is 12.1 Å². The molecule has 3 N–H and O–H groups in total. The van der Waals surface area contributed by atoms with Crippen molar-refractivity contribution >= 4 is 11.6 Å². The Balaban J connectivity index is 3.16. The second kappa shape index (κ2) is 7.46. The molecule has 0 aromatic carbocycles. The summed E-state index contributed by atoms with van der Waals surface area (Å²) < 4.78 is 43.8. The Morgan fingerprint density at radius 2 is 2.05 bits per heavy atom. The monoisotopic (exact) mass is 306 g/mol. The molecule has 1 aromatic rings. The molecule has 8 heteroatoms. The van der Waals surface area contributed by atoms with Gasteiger partial charge in [-0.1, -0.05) is 13.8 Å². The summed E-state index contributed by atoms with van der Waals surface area (Å²) in [6, 6.07) is 1.91. The molecular weight excluding hydrogens is 285 g/mol. The van der Waals surface area contributed by atoms with Gasteiger partial charge in [-0.05, 0) is 18.1 Å². The number of nitrogens with one attached hydrogen (secondary N) is 1. The minimum Gasteiger partial charge on any atom is -0.383 e.